The van der Waals surface area contributed by atoms with Gasteiger partial charge >= 0.3 is 17.9 Å². The molecule has 112 heavy (non-hydrogen) atoms. The van der Waals surface area contributed by atoms with E-state index in [2.05, 4.69) is 63.8 Å². The fraction of sp³-hybridized carbons (Fsp3) is 0.652. The molecule has 1 aromatic carbocycles. The molecule has 0 saturated carbocycles. The molecule has 1 aliphatic heterocycles. The van der Waals surface area contributed by atoms with Crippen molar-refractivity contribution in [3.63, 3.8) is 0 Å². The van der Waals surface area contributed by atoms with Crippen LogP contribution in [0, 0.1) is 23.7 Å². The van der Waals surface area contributed by atoms with Gasteiger partial charge < -0.3 is 131 Å². The lowest BCUT2D eigenvalue weighted by Crippen LogP contribution is -2.63. The number of amides is 15. The van der Waals surface area contributed by atoms with Gasteiger partial charge in [0.05, 0.1) is 45.6 Å². The first-order valence-electron chi connectivity index (χ1n) is 36.3. The normalized spacial score (nSPS) is 17.2. The first-order valence-corrected chi connectivity index (χ1v) is 36.3. The van der Waals surface area contributed by atoms with Crippen molar-refractivity contribution in [1.82, 2.24) is 74.0 Å². The molecule has 43 nitrogen and oxygen atoms in total. The summed E-state index contributed by atoms with van der Waals surface area (Å²) in [6, 6.07) is -17.9. The topological polar surface area (TPSA) is 701 Å². The van der Waals surface area contributed by atoms with Crippen molar-refractivity contribution in [3.8, 4) is 0 Å². The third kappa shape index (κ3) is 31.3. The highest BCUT2D eigenvalue weighted by molar-refractivity contribution is 6.01. The Morgan fingerprint density at radius 2 is 0.768 bits per heavy atom. The van der Waals surface area contributed by atoms with E-state index in [1.807, 2.05) is 5.32 Å². The number of carbonyl (C=O) groups excluding carboxylic acids is 15. The van der Waals surface area contributed by atoms with Crippen molar-refractivity contribution >= 4 is 107 Å². The Kier molecular flexibility index (Phi) is 42.0. The van der Waals surface area contributed by atoms with Gasteiger partial charge in [0.25, 0.3) is 0 Å². The fourth-order valence-corrected chi connectivity index (χ4v) is 11.1. The summed E-state index contributed by atoms with van der Waals surface area (Å²) in [5, 5.41) is 120. The van der Waals surface area contributed by atoms with Crippen LogP contribution < -0.4 is 80.6 Å². The maximum absolute atomic E-state index is 14.1. The Hall–Kier alpha value is -10.6. The van der Waals surface area contributed by atoms with Gasteiger partial charge in [0.2, 0.25) is 88.6 Å². The molecule has 1 aliphatic rings. The summed E-state index contributed by atoms with van der Waals surface area (Å²) in [5.41, 5.74) is 11.5. The Morgan fingerprint density at radius 1 is 0.429 bits per heavy atom. The lowest BCUT2D eigenvalue weighted by molar-refractivity contribution is -0.144. The van der Waals surface area contributed by atoms with Crippen LogP contribution >= 0.6 is 0 Å². The SMILES string of the molecule is CC[C@H](C)[C@H](NC(=O)[C@@H](NC(=O)[C@H](CCC(=O)O)NC(=O)[C@@H]1CCCN1C(=O)[C@H](CO)NC(=O)[C@H](CO)NC(=O)[C@@H](NC(=O)[C@H](CCC(=O)O)NC(=O)[C@H](CC(N)=O)NC(=O)[C@H](CO)NC(=O)[C@H](CO)NC(=O)[C@H](Cc1ccccc1)NC(=O)[C@@H](NC(=O)[C@H](CO)NC(=O)[C@@H](N)[C@@H](C)O)C(C)C)C(C)C)[C@@H](C)CC)C(=O)O. The minimum atomic E-state index is -2.11. The molecule has 628 valence electrons. The maximum Gasteiger partial charge on any atom is 0.326 e. The van der Waals surface area contributed by atoms with Crippen LogP contribution in [-0.4, -0.2) is 294 Å². The number of aliphatic hydroxyl groups excluding tert-OH is 6. The summed E-state index contributed by atoms with van der Waals surface area (Å²) in [7, 11) is 0. The highest BCUT2D eigenvalue weighted by Gasteiger charge is 2.43. The molecule has 0 aromatic heterocycles. The summed E-state index contributed by atoms with van der Waals surface area (Å²) in [6.45, 7) is 7.46. The second kappa shape index (κ2) is 48.2. The molecule has 43 heteroatoms. The monoisotopic (exact) mass is 1590 g/mol. The van der Waals surface area contributed by atoms with E-state index >= 15 is 0 Å². The molecule has 1 aromatic rings. The van der Waals surface area contributed by atoms with Crippen molar-refractivity contribution in [3.05, 3.63) is 35.9 Å². The molecule has 0 aliphatic carbocycles. The number of benzene rings is 1. The zero-order chi connectivity index (χ0) is 85.1. The minimum Gasteiger partial charge on any atom is -0.481 e. The quantitative estimate of drug-likeness (QED) is 0.0288. The highest BCUT2D eigenvalue weighted by Crippen LogP contribution is 2.21. The number of carbonyl (C=O) groups is 18. The molecule has 1 fully saturated rings. The number of hydrogen-bond donors (Lipinski definition) is 24. The van der Waals surface area contributed by atoms with Gasteiger partial charge in [0, 0.05) is 25.8 Å². The number of nitrogens with two attached hydrogens (primary N) is 2. The summed E-state index contributed by atoms with van der Waals surface area (Å²) < 4.78 is 0. The van der Waals surface area contributed by atoms with Crippen LogP contribution in [-0.2, 0) is 92.7 Å². The zero-order valence-corrected chi connectivity index (χ0v) is 63.7. The van der Waals surface area contributed by atoms with E-state index in [0.29, 0.717) is 18.4 Å². The Bertz CT molecular complexity index is 3440. The molecule has 0 bridgehead atoms. The second-order valence-electron chi connectivity index (χ2n) is 27.7. The van der Waals surface area contributed by atoms with E-state index in [4.69, 9.17) is 11.5 Å². The molecule has 26 N–H and O–H groups in total. The lowest BCUT2D eigenvalue weighted by Gasteiger charge is -2.31. The number of nitrogens with one attached hydrogen (secondary N) is 13. The van der Waals surface area contributed by atoms with Crippen molar-refractivity contribution in [1.29, 1.82) is 0 Å². The number of nitrogens with zero attached hydrogens (tertiary/aromatic N) is 1. The number of aliphatic carboxylic acids is 3. The third-order valence-electron chi connectivity index (χ3n) is 18.3. The van der Waals surface area contributed by atoms with E-state index in [-0.39, 0.29) is 25.8 Å². The zero-order valence-electron chi connectivity index (χ0n) is 63.7. The third-order valence-corrected chi connectivity index (χ3v) is 18.3. The number of hydrogen-bond acceptors (Lipinski definition) is 25. The second-order valence-corrected chi connectivity index (χ2v) is 27.7. The largest absolute Gasteiger partial charge is 0.481 e. The van der Waals surface area contributed by atoms with Gasteiger partial charge in [-0.15, -0.1) is 0 Å². The summed E-state index contributed by atoms with van der Waals surface area (Å²) in [4.78, 5) is 242. The standard InChI is InChI=1S/C69H110N16O27/c1-10-33(7)53(67(109)84-54(69(111)112)34(8)11-2)83-56(98)38(20-22-49(95)96)73-63(105)46-18-15-23-85(46)68(110)45(30-90)80-61(103)43(28-88)79-66(108)52(32(5)6)81-55(97)37(19-21-48(93)94)72-58(100)40(25-47(70)92)74-59(101)41(26-86)77-60(102)42(27-87)76-57(99)39(24-36-16-13-12-14-17-36)75-65(107)51(31(3)4)82-62(104)44(29-89)78-64(106)50(71)35(9)91/h12-14,16-17,31-35,37-46,50-54,86-91H,10-11,15,18-30,71H2,1-9H3,(H2,70,92)(H,72,100)(H,73,105)(H,74,101)(H,75,107)(H,76,99)(H,77,102)(H,78,106)(H,79,108)(H,80,103)(H,81,97)(H,82,104)(H,83,98)(H,84,109)(H,93,94)(H,95,96)(H,111,112)/t33-,34-,35+,37-,38-,39-,40-,41-,42-,43-,44-,45-,46-,50-,51-,52-,53-,54-/m0/s1. The van der Waals surface area contributed by atoms with Crippen LogP contribution in [0.2, 0.25) is 0 Å². The van der Waals surface area contributed by atoms with E-state index in [1.165, 1.54) is 34.6 Å². The van der Waals surface area contributed by atoms with E-state index in [1.54, 1.807) is 58.0 Å². The van der Waals surface area contributed by atoms with Crippen molar-refractivity contribution < 1.29 is 132 Å². The molecule has 2 rings (SSSR count). The van der Waals surface area contributed by atoms with Gasteiger partial charge in [-0.2, -0.15) is 0 Å². The fourth-order valence-electron chi connectivity index (χ4n) is 11.1. The van der Waals surface area contributed by atoms with Crippen molar-refractivity contribution in [2.75, 3.05) is 39.6 Å². The molecular formula is C69H110N16O27. The Morgan fingerprint density at radius 3 is 1.18 bits per heavy atom. The van der Waals surface area contributed by atoms with E-state index in [0.717, 1.165) is 4.90 Å². The van der Waals surface area contributed by atoms with Crippen LogP contribution in [0.4, 0.5) is 0 Å². The molecule has 0 unspecified atom stereocenters. The van der Waals surface area contributed by atoms with Crippen LogP contribution in [0.5, 0.6) is 0 Å². The molecular weight excluding hydrogens is 1480 g/mol. The summed E-state index contributed by atoms with van der Waals surface area (Å²) >= 11 is 0. The number of rotatable bonds is 50. The number of carboxylic acids is 3. The van der Waals surface area contributed by atoms with Crippen LogP contribution in [0.1, 0.15) is 126 Å². The van der Waals surface area contributed by atoms with E-state index < -0.39 is 292 Å². The van der Waals surface area contributed by atoms with Gasteiger partial charge in [-0.1, -0.05) is 98.6 Å². The van der Waals surface area contributed by atoms with Crippen molar-refractivity contribution in [2.45, 2.75) is 223 Å². The molecule has 0 spiro atoms. The van der Waals surface area contributed by atoms with Gasteiger partial charge in [0.15, 0.2) is 0 Å². The van der Waals surface area contributed by atoms with E-state index in [9.17, 15) is 132 Å². The number of primary amides is 1. The number of likely N-dealkylation sites (tertiary alicyclic amines) is 1. The summed E-state index contributed by atoms with van der Waals surface area (Å²) in [6.07, 6.45) is -4.87. The summed E-state index contributed by atoms with van der Waals surface area (Å²) in [5.74, 6) is -24.7. The highest BCUT2D eigenvalue weighted by atomic mass is 16.4. The van der Waals surface area contributed by atoms with Crippen LogP contribution in [0.15, 0.2) is 30.3 Å². The average Bonchev–Trinajstić information content (AvgIpc) is 1.65. The molecule has 1 heterocycles. The Balaban J connectivity index is 2.35. The lowest BCUT2D eigenvalue weighted by atomic mass is 9.95. The van der Waals surface area contributed by atoms with Gasteiger partial charge in [-0.05, 0) is 61.8 Å². The smallest absolute Gasteiger partial charge is 0.326 e. The number of carboxylic acid groups (broad SMARTS) is 3. The van der Waals surface area contributed by atoms with Gasteiger partial charge in [-0.3, -0.25) is 81.5 Å². The van der Waals surface area contributed by atoms with Crippen molar-refractivity contribution in [2.24, 2.45) is 35.1 Å². The molecule has 1 saturated heterocycles. The first-order chi connectivity index (χ1) is 52.6. The Labute approximate surface area is 644 Å². The van der Waals surface area contributed by atoms with Gasteiger partial charge in [0.1, 0.15) is 90.6 Å². The predicted octanol–water partition coefficient (Wildman–Crippen LogP) is -9.71. The van der Waals surface area contributed by atoms with Crippen LogP contribution in [0.25, 0.3) is 0 Å². The van der Waals surface area contributed by atoms with Crippen LogP contribution in [0.3, 0.4) is 0 Å². The maximum atomic E-state index is 14.1. The molecule has 18 atom stereocenters. The predicted molar refractivity (Wildman–Crippen MR) is 389 cm³/mol. The molecule has 15 amide bonds. The minimum absolute atomic E-state index is 0.0677. The molecule has 0 radical (unpaired) electrons. The first kappa shape index (κ1) is 97.5. The average molecular weight is 1600 g/mol. The number of aliphatic hydroxyl groups is 6. The van der Waals surface area contributed by atoms with Gasteiger partial charge in [-0.25, -0.2) is 4.79 Å².